The smallest absolute Gasteiger partial charge is 0.248 e. The number of nitrogens with zero attached hydrogens (tertiary/aromatic N) is 5. The number of para-hydroxylation sites is 2. The maximum atomic E-state index is 11.8. The fourth-order valence-electron chi connectivity index (χ4n) is 4.40. The van der Waals surface area contributed by atoms with Crippen LogP contribution < -0.4 is 19.7 Å². The van der Waals surface area contributed by atoms with E-state index in [-0.39, 0.29) is 18.2 Å². The van der Waals surface area contributed by atoms with Crippen LogP contribution in [-0.2, 0) is 27.3 Å². The number of rotatable bonds is 8. The molecule has 0 unspecified atom stereocenters. The third kappa shape index (κ3) is 6.95. The second-order valence-electron chi connectivity index (χ2n) is 9.08. The number of carbonyl (C=O) groups excluding carboxylic acids is 3. The van der Waals surface area contributed by atoms with Gasteiger partial charge in [0.05, 0.1) is 19.9 Å². The van der Waals surface area contributed by atoms with Crippen molar-refractivity contribution in [2.45, 2.75) is 19.4 Å². The Morgan fingerprint density at radius 1 is 1.17 bits per heavy atom. The Morgan fingerprint density at radius 2 is 1.98 bits per heavy atom. The van der Waals surface area contributed by atoms with Crippen molar-refractivity contribution >= 4 is 30.2 Å². The molecular formula is C29H30N6O6. The topological polar surface area (TPSA) is 147 Å². The van der Waals surface area contributed by atoms with Crippen LogP contribution in [-0.4, -0.2) is 73.9 Å². The van der Waals surface area contributed by atoms with Gasteiger partial charge in [-0.1, -0.05) is 12.1 Å². The van der Waals surface area contributed by atoms with E-state index in [1.807, 2.05) is 24.3 Å². The molecule has 41 heavy (non-hydrogen) atoms. The predicted molar refractivity (Wildman–Crippen MR) is 149 cm³/mol. The van der Waals surface area contributed by atoms with Crippen molar-refractivity contribution in [1.29, 1.82) is 5.26 Å². The highest BCUT2D eigenvalue weighted by Crippen LogP contribution is 2.33. The molecule has 0 bridgehead atoms. The van der Waals surface area contributed by atoms with Gasteiger partial charge < -0.3 is 24.4 Å². The number of aromatic nitrogens is 2. The number of hydrogen-bond donors (Lipinski definition) is 1. The summed E-state index contributed by atoms with van der Waals surface area (Å²) in [6.07, 6.45) is 4.57. The Balaban J connectivity index is 0.000000191. The third-order valence-electron chi connectivity index (χ3n) is 6.52. The van der Waals surface area contributed by atoms with Crippen LogP contribution in [0.1, 0.15) is 33.6 Å². The van der Waals surface area contributed by atoms with Gasteiger partial charge in [-0.25, -0.2) is 9.97 Å². The zero-order chi connectivity index (χ0) is 29.2. The standard InChI is InChI=1S/C15H17N3O4.C14H13N3O2/c19-8-13-12(7-17-4-5-22-9-14(17)21)6-11-2-1-3-18(10-20)15(11)16-13;1-16-14-7-13(10(8-15)9-17-14)19-12-6-4-3-5-11(12)18-2/h6,8,10H,1-5,7,9H2;3-7,9H,1-2H3,(H,16,17). The van der Waals surface area contributed by atoms with Gasteiger partial charge in [-0.05, 0) is 36.6 Å². The van der Waals surface area contributed by atoms with Crippen molar-refractivity contribution in [2.75, 3.05) is 50.7 Å². The Bertz CT molecular complexity index is 1460. The number of benzene rings is 1. The molecule has 0 saturated carbocycles. The van der Waals surface area contributed by atoms with Crippen molar-refractivity contribution in [3.63, 3.8) is 0 Å². The van der Waals surface area contributed by atoms with Crippen molar-refractivity contribution in [1.82, 2.24) is 14.9 Å². The van der Waals surface area contributed by atoms with Gasteiger partial charge in [0.25, 0.3) is 0 Å². The number of nitrogens with one attached hydrogen (secondary N) is 1. The van der Waals surface area contributed by atoms with Crippen LogP contribution in [0.25, 0.3) is 0 Å². The van der Waals surface area contributed by atoms with E-state index in [4.69, 9.17) is 19.5 Å². The number of anilines is 2. The van der Waals surface area contributed by atoms with Crippen molar-refractivity contribution in [2.24, 2.45) is 0 Å². The monoisotopic (exact) mass is 558 g/mol. The van der Waals surface area contributed by atoms with Gasteiger partial charge in [0.1, 0.15) is 35.6 Å². The number of aldehydes is 1. The maximum absolute atomic E-state index is 11.8. The van der Waals surface area contributed by atoms with Crippen molar-refractivity contribution in [3.05, 3.63) is 65.0 Å². The van der Waals surface area contributed by atoms with Crippen molar-refractivity contribution < 1.29 is 28.6 Å². The first-order valence-corrected chi connectivity index (χ1v) is 13.0. The van der Waals surface area contributed by atoms with E-state index in [0.717, 1.165) is 30.4 Å². The number of nitriles is 1. The molecule has 12 nitrogen and oxygen atoms in total. The van der Waals surface area contributed by atoms with E-state index >= 15 is 0 Å². The SMILES string of the molecule is CNc1cc(Oc2ccccc2OC)c(C#N)cn1.O=Cc1nc2c(cc1CN1CCOCC1=O)CCCN2C=O. The molecule has 0 radical (unpaired) electrons. The molecule has 12 heteroatoms. The normalized spacial score (nSPS) is 14.1. The highest BCUT2D eigenvalue weighted by Gasteiger charge is 2.24. The third-order valence-corrected chi connectivity index (χ3v) is 6.52. The molecule has 0 aliphatic carbocycles. The summed E-state index contributed by atoms with van der Waals surface area (Å²) in [6.45, 7) is 2.04. The predicted octanol–water partition coefficient (Wildman–Crippen LogP) is 2.96. The highest BCUT2D eigenvalue weighted by atomic mass is 16.5. The number of carbonyl (C=O) groups is 3. The Kier molecular flexibility index (Phi) is 9.80. The number of pyridine rings is 2. The average molecular weight is 559 g/mol. The van der Waals surface area contributed by atoms with Crippen LogP contribution in [0.4, 0.5) is 11.6 Å². The average Bonchev–Trinajstić information content (AvgIpc) is 3.02. The highest BCUT2D eigenvalue weighted by molar-refractivity contribution is 5.82. The molecular weight excluding hydrogens is 528 g/mol. The molecule has 1 N–H and O–H groups in total. The second-order valence-corrected chi connectivity index (χ2v) is 9.08. The lowest BCUT2D eigenvalue weighted by Crippen LogP contribution is -2.41. The summed E-state index contributed by atoms with van der Waals surface area (Å²) in [5.74, 6) is 2.69. The fourth-order valence-corrected chi connectivity index (χ4v) is 4.40. The van der Waals surface area contributed by atoms with Gasteiger partial charge in [-0.2, -0.15) is 5.26 Å². The van der Waals surface area contributed by atoms with Crippen LogP contribution in [0.5, 0.6) is 17.2 Å². The van der Waals surface area contributed by atoms with Crippen LogP contribution >= 0.6 is 0 Å². The lowest BCUT2D eigenvalue weighted by atomic mass is 10.0. The number of amides is 2. The van der Waals surface area contributed by atoms with E-state index in [1.54, 1.807) is 37.3 Å². The molecule has 1 aromatic carbocycles. The number of hydrogen-bond acceptors (Lipinski definition) is 10. The van der Waals surface area contributed by atoms with Crippen molar-refractivity contribution in [3.8, 4) is 23.3 Å². The largest absolute Gasteiger partial charge is 0.493 e. The summed E-state index contributed by atoms with van der Waals surface area (Å²) in [4.78, 5) is 45.8. The molecule has 212 valence electrons. The quantitative estimate of drug-likeness (QED) is 0.409. The van der Waals surface area contributed by atoms with Gasteiger partial charge in [0.2, 0.25) is 12.3 Å². The van der Waals surface area contributed by atoms with Gasteiger partial charge in [-0.3, -0.25) is 19.3 Å². The Morgan fingerprint density at radius 3 is 2.66 bits per heavy atom. The molecule has 2 aromatic heterocycles. The van der Waals surface area contributed by atoms with Gasteiger partial charge >= 0.3 is 0 Å². The number of morpholine rings is 1. The first-order valence-electron chi connectivity index (χ1n) is 13.0. The molecule has 2 aliphatic rings. The number of aryl methyl sites for hydroxylation is 1. The first kappa shape index (κ1) is 29.0. The summed E-state index contributed by atoms with van der Waals surface area (Å²) < 4.78 is 16.0. The Hall–Kier alpha value is -5.02. The minimum atomic E-state index is -0.0877. The lowest BCUT2D eigenvalue weighted by molar-refractivity contribution is -0.143. The zero-order valence-electron chi connectivity index (χ0n) is 22.8. The number of fused-ring (bicyclic) bond motifs is 1. The molecule has 5 rings (SSSR count). The molecule has 0 atom stereocenters. The number of ether oxygens (including phenoxy) is 3. The van der Waals surface area contributed by atoms with Crippen LogP contribution in [0.3, 0.4) is 0 Å². The number of methoxy groups -OCH3 is 1. The summed E-state index contributed by atoms with van der Waals surface area (Å²) in [7, 11) is 3.32. The van der Waals surface area contributed by atoms with E-state index in [2.05, 4.69) is 15.3 Å². The van der Waals surface area contributed by atoms with Gasteiger partial charge in [-0.15, -0.1) is 0 Å². The van der Waals surface area contributed by atoms with Gasteiger partial charge in [0.15, 0.2) is 23.5 Å². The molecule has 2 amide bonds. The summed E-state index contributed by atoms with van der Waals surface area (Å²) >= 11 is 0. The minimum Gasteiger partial charge on any atom is -0.493 e. The van der Waals surface area contributed by atoms with E-state index in [1.165, 1.54) is 11.1 Å². The summed E-state index contributed by atoms with van der Waals surface area (Å²) in [5, 5.41) is 12.0. The summed E-state index contributed by atoms with van der Waals surface area (Å²) in [5.41, 5.74) is 2.31. The molecule has 2 aliphatic heterocycles. The van der Waals surface area contributed by atoms with Crippen LogP contribution in [0.2, 0.25) is 0 Å². The van der Waals surface area contributed by atoms with Gasteiger partial charge in [0, 0.05) is 38.3 Å². The lowest BCUT2D eigenvalue weighted by Gasteiger charge is -2.29. The zero-order valence-corrected chi connectivity index (χ0v) is 22.8. The molecule has 3 aromatic rings. The van der Waals surface area contributed by atoms with Crippen LogP contribution in [0.15, 0.2) is 42.6 Å². The molecule has 4 heterocycles. The Labute approximate surface area is 237 Å². The minimum absolute atomic E-state index is 0.0771. The molecule has 1 saturated heterocycles. The maximum Gasteiger partial charge on any atom is 0.248 e. The fraction of sp³-hybridized carbons (Fsp3) is 0.310. The molecule has 1 fully saturated rings. The van der Waals surface area contributed by atoms with E-state index in [0.29, 0.717) is 67.0 Å². The first-order chi connectivity index (χ1) is 20.0. The second kappa shape index (κ2) is 13.9. The van der Waals surface area contributed by atoms with E-state index in [9.17, 15) is 14.4 Å². The van der Waals surface area contributed by atoms with E-state index < -0.39 is 0 Å². The molecule has 0 spiro atoms. The summed E-state index contributed by atoms with van der Waals surface area (Å²) in [6, 6.07) is 12.9. The van der Waals surface area contributed by atoms with Crippen LogP contribution in [0, 0.1) is 11.3 Å².